The van der Waals surface area contributed by atoms with Crippen molar-refractivity contribution in [3.05, 3.63) is 89.5 Å². The fraction of sp³-hybridized carbons (Fsp3) is 0.0500. The first-order valence-electron chi connectivity index (χ1n) is 7.15. The van der Waals surface area contributed by atoms with Gasteiger partial charge in [0.15, 0.2) is 5.78 Å². The Bertz CT molecular complexity index is 783. The van der Waals surface area contributed by atoms with E-state index in [9.17, 15) is 9.90 Å². The summed E-state index contributed by atoms with van der Waals surface area (Å²) in [5.41, 5.74) is 3.63. The van der Waals surface area contributed by atoms with E-state index in [0.717, 1.165) is 16.7 Å². The quantitative estimate of drug-likeness (QED) is 0.715. The fourth-order valence-electron chi connectivity index (χ4n) is 2.60. The van der Waals surface area contributed by atoms with Crippen molar-refractivity contribution in [2.24, 2.45) is 0 Å². The van der Waals surface area contributed by atoms with Gasteiger partial charge >= 0.3 is 0 Å². The minimum absolute atomic E-state index is 0.0210. The number of benzene rings is 3. The summed E-state index contributed by atoms with van der Waals surface area (Å²) in [6.45, 7) is 1.85. The number of aromatic hydroxyl groups is 1. The first-order chi connectivity index (χ1) is 10.7. The summed E-state index contributed by atoms with van der Waals surface area (Å²) in [7, 11) is 0. The van der Waals surface area contributed by atoms with E-state index >= 15 is 0 Å². The normalized spacial score (nSPS) is 10.4. The molecule has 0 bridgehead atoms. The average molecular weight is 288 g/mol. The van der Waals surface area contributed by atoms with Crippen LogP contribution in [0.15, 0.2) is 72.8 Å². The molecule has 0 heterocycles. The van der Waals surface area contributed by atoms with Gasteiger partial charge < -0.3 is 5.11 Å². The summed E-state index contributed by atoms with van der Waals surface area (Å²) < 4.78 is 0. The summed E-state index contributed by atoms with van der Waals surface area (Å²) in [5, 5.41) is 10.3. The van der Waals surface area contributed by atoms with Crippen LogP contribution >= 0.6 is 0 Å². The molecule has 0 aromatic heterocycles. The number of ketones is 1. The van der Waals surface area contributed by atoms with Crippen molar-refractivity contribution < 1.29 is 9.90 Å². The zero-order valence-electron chi connectivity index (χ0n) is 12.3. The molecule has 108 valence electrons. The van der Waals surface area contributed by atoms with Crippen molar-refractivity contribution in [1.29, 1.82) is 0 Å². The van der Waals surface area contributed by atoms with Crippen LogP contribution in [0.5, 0.6) is 5.75 Å². The molecular weight excluding hydrogens is 272 g/mol. The maximum absolute atomic E-state index is 12.6. The van der Waals surface area contributed by atoms with E-state index in [-0.39, 0.29) is 11.5 Å². The van der Waals surface area contributed by atoms with Gasteiger partial charge in [-0.1, -0.05) is 66.7 Å². The van der Waals surface area contributed by atoms with Crippen molar-refractivity contribution in [2.75, 3.05) is 0 Å². The molecule has 0 spiro atoms. The summed E-state index contributed by atoms with van der Waals surface area (Å²) in [5.74, 6) is -0.136. The number of rotatable bonds is 3. The Labute approximate surface area is 129 Å². The molecule has 2 heteroatoms. The maximum atomic E-state index is 12.6. The topological polar surface area (TPSA) is 37.3 Å². The van der Waals surface area contributed by atoms with Crippen LogP contribution in [0.1, 0.15) is 21.5 Å². The third-order valence-corrected chi connectivity index (χ3v) is 3.68. The molecule has 2 nitrogen and oxygen atoms in total. The Kier molecular flexibility index (Phi) is 3.75. The molecule has 3 aromatic carbocycles. The Morgan fingerprint density at radius 1 is 0.818 bits per heavy atom. The standard InChI is InChI=1S/C20H16O2/c1-14-12-17(15-8-4-2-5-9-15)13-18(21)19(14)20(22)16-10-6-3-7-11-16/h2-13,21H,1H3. The van der Waals surface area contributed by atoms with Gasteiger partial charge in [0.1, 0.15) is 5.75 Å². The summed E-state index contributed by atoms with van der Waals surface area (Å²) >= 11 is 0. The van der Waals surface area contributed by atoms with E-state index in [2.05, 4.69) is 0 Å². The lowest BCUT2D eigenvalue weighted by molar-refractivity contribution is 0.103. The van der Waals surface area contributed by atoms with Gasteiger partial charge in [0, 0.05) is 5.56 Å². The van der Waals surface area contributed by atoms with Crippen molar-refractivity contribution in [1.82, 2.24) is 0 Å². The van der Waals surface area contributed by atoms with Gasteiger partial charge in [0.05, 0.1) is 5.56 Å². The maximum Gasteiger partial charge on any atom is 0.197 e. The smallest absolute Gasteiger partial charge is 0.197 e. The van der Waals surface area contributed by atoms with E-state index < -0.39 is 0 Å². The molecule has 0 saturated carbocycles. The predicted octanol–water partition coefficient (Wildman–Crippen LogP) is 4.60. The Morgan fingerprint density at radius 3 is 2.00 bits per heavy atom. The second kappa shape index (κ2) is 5.86. The molecule has 0 atom stereocenters. The lowest BCUT2D eigenvalue weighted by Gasteiger charge is -2.11. The lowest BCUT2D eigenvalue weighted by Crippen LogP contribution is -2.04. The average Bonchev–Trinajstić information content (AvgIpc) is 2.55. The minimum Gasteiger partial charge on any atom is -0.507 e. The zero-order valence-corrected chi connectivity index (χ0v) is 12.3. The predicted molar refractivity (Wildman–Crippen MR) is 88.2 cm³/mol. The number of carbonyl (C=O) groups is 1. The highest BCUT2D eigenvalue weighted by molar-refractivity contribution is 6.11. The number of phenolic OH excluding ortho intramolecular Hbond substituents is 1. The van der Waals surface area contributed by atoms with Gasteiger partial charge in [-0.15, -0.1) is 0 Å². The lowest BCUT2D eigenvalue weighted by atomic mass is 9.94. The van der Waals surface area contributed by atoms with Gasteiger partial charge in [-0.2, -0.15) is 0 Å². The minimum atomic E-state index is -0.157. The Hall–Kier alpha value is -2.87. The number of hydrogen-bond donors (Lipinski definition) is 1. The van der Waals surface area contributed by atoms with Crippen LogP contribution in [0, 0.1) is 6.92 Å². The van der Waals surface area contributed by atoms with Crippen LogP contribution in [-0.2, 0) is 0 Å². The van der Waals surface area contributed by atoms with Crippen molar-refractivity contribution in [2.45, 2.75) is 6.92 Å². The molecule has 0 amide bonds. The second-order valence-corrected chi connectivity index (χ2v) is 5.25. The molecule has 0 radical (unpaired) electrons. The van der Waals surface area contributed by atoms with Gasteiger partial charge in [0.25, 0.3) is 0 Å². The molecule has 0 aliphatic heterocycles. The SMILES string of the molecule is Cc1cc(-c2ccccc2)cc(O)c1C(=O)c1ccccc1. The zero-order chi connectivity index (χ0) is 15.5. The summed E-state index contributed by atoms with van der Waals surface area (Å²) in [4.78, 5) is 12.6. The van der Waals surface area contributed by atoms with Crippen LogP contribution in [0.4, 0.5) is 0 Å². The van der Waals surface area contributed by atoms with Gasteiger partial charge in [0.2, 0.25) is 0 Å². The first kappa shape index (κ1) is 14.1. The van der Waals surface area contributed by atoms with E-state index in [1.807, 2.05) is 61.5 Å². The Balaban J connectivity index is 2.06. The van der Waals surface area contributed by atoms with Crippen LogP contribution in [0.25, 0.3) is 11.1 Å². The molecule has 0 saturated heterocycles. The van der Waals surface area contributed by atoms with Gasteiger partial charge in [-0.3, -0.25) is 4.79 Å². The highest BCUT2D eigenvalue weighted by Gasteiger charge is 2.17. The van der Waals surface area contributed by atoms with Gasteiger partial charge in [-0.05, 0) is 29.7 Å². The largest absolute Gasteiger partial charge is 0.507 e. The number of hydrogen-bond acceptors (Lipinski definition) is 2. The summed E-state index contributed by atoms with van der Waals surface area (Å²) in [6, 6.07) is 22.4. The van der Waals surface area contributed by atoms with E-state index in [0.29, 0.717) is 11.1 Å². The van der Waals surface area contributed by atoms with Crippen molar-refractivity contribution in [3.63, 3.8) is 0 Å². The Morgan fingerprint density at radius 2 is 1.41 bits per heavy atom. The van der Waals surface area contributed by atoms with E-state index in [1.165, 1.54) is 0 Å². The molecule has 22 heavy (non-hydrogen) atoms. The van der Waals surface area contributed by atoms with Crippen molar-refractivity contribution in [3.8, 4) is 16.9 Å². The molecule has 0 aliphatic rings. The van der Waals surface area contributed by atoms with Crippen molar-refractivity contribution >= 4 is 5.78 Å². The highest BCUT2D eigenvalue weighted by Crippen LogP contribution is 2.31. The molecule has 3 aromatic rings. The van der Waals surface area contributed by atoms with Crippen LogP contribution in [0.2, 0.25) is 0 Å². The second-order valence-electron chi connectivity index (χ2n) is 5.25. The monoisotopic (exact) mass is 288 g/mol. The van der Waals surface area contributed by atoms with Crippen LogP contribution in [-0.4, -0.2) is 10.9 Å². The highest BCUT2D eigenvalue weighted by atomic mass is 16.3. The number of aryl methyl sites for hydroxylation is 1. The van der Waals surface area contributed by atoms with E-state index in [1.54, 1.807) is 18.2 Å². The first-order valence-corrected chi connectivity index (χ1v) is 7.15. The van der Waals surface area contributed by atoms with Gasteiger partial charge in [-0.25, -0.2) is 0 Å². The third kappa shape index (κ3) is 2.63. The molecular formula is C20H16O2. The van der Waals surface area contributed by atoms with Crippen LogP contribution < -0.4 is 0 Å². The number of carbonyl (C=O) groups excluding carboxylic acids is 1. The number of phenols is 1. The third-order valence-electron chi connectivity index (χ3n) is 3.68. The molecule has 0 unspecified atom stereocenters. The molecule has 0 aliphatic carbocycles. The molecule has 3 rings (SSSR count). The fourth-order valence-corrected chi connectivity index (χ4v) is 2.60. The molecule has 1 N–H and O–H groups in total. The molecule has 0 fully saturated rings. The summed E-state index contributed by atoms with van der Waals surface area (Å²) in [6.07, 6.45) is 0. The van der Waals surface area contributed by atoms with Crippen LogP contribution in [0.3, 0.4) is 0 Å². The van der Waals surface area contributed by atoms with E-state index in [4.69, 9.17) is 0 Å².